The van der Waals surface area contributed by atoms with Crippen molar-refractivity contribution >= 4 is 0 Å². The predicted octanol–water partition coefficient (Wildman–Crippen LogP) is 4.36. The summed E-state index contributed by atoms with van der Waals surface area (Å²) in [7, 11) is 1.36. The molecule has 0 atom stereocenters. The Bertz CT molecular complexity index is 343. The third-order valence-electron chi connectivity index (χ3n) is 2.17. The number of hydrogen-bond acceptors (Lipinski definition) is 1. The van der Waals surface area contributed by atoms with Crippen LogP contribution in [0.4, 0.5) is 13.2 Å². The van der Waals surface area contributed by atoms with Crippen molar-refractivity contribution in [2.75, 3.05) is 7.11 Å². The van der Waals surface area contributed by atoms with E-state index in [4.69, 9.17) is 4.74 Å². The van der Waals surface area contributed by atoms with Crippen LogP contribution in [0.3, 0.4) is 0 Å². The van der Waals surface area contributed by atoms with Gasteiger partial charge in [0.25, 0.3) is 0 Å². The summed E-state index contributed by atoms with van der Waals surface area (Å²) < 4.78 is 41.9. The third kappa shape index (κ3) is 3.43. The van der Waals surface area contributed by atoms with Gasteiger partial charge in [-0.3, -0.25) is 0 Å². The van der Waals surface area contributed by atoms with Gasteiger partial charge in [0.15, 0.2) is 0 Å². The van der Waals surface area contributed by atoms with Gasteiger partial charge in [-0.1, -0.05) is 13.8 Å². The molecule has 0 spiro atoms. The normalized spacial score (nSPS) is 10.5. The zero-order valence-electron chi connectivity index (χ0n) is 10.2. The van der Waals surface area contributed by atoms with Crippen molar-refractivity contribution in [1.29, 1.82) is 0 Å². The summed E-state index contributed by atoms with van der Waals surface area (Å²) in [5, 5.41) is 0. The maximum Gasteiger partial charge on any atom is 0.416 e. The second-order valence-electron chi connectivity index (χ2n) is 3.12. The Morgan fingerprint density at radius 3 is 1.94 bits per heavy atom. The number of aryl methyl sites for hydroxylation is 1. The molecule has 0 bridgehead atoms. The van der Waals surface area contributed by atoms with Crippen LogP contribution in [0.15, 0.2) is 12.1 Å². The van der Waals surface area contributed by atoms with Crippen molar-refractivity contribution in [2.24, 2.45) is 0 Å². The summed E-state index contributed by atoms with van der Waals surface area (Å²) in [6, 6.07) is 2.14. The fraction of sp³-hybridized carbons (Fsp3) is 0.500. The molecule has 92 valence electrons. The van der Waals surface area contributed by atoms with E-state index < -0.39 is 11.7 Å². The SMILES string of the molecule is CC.COc1cc(C(F)(F)F)cc(C)c1C. The van der Waals surface area contributed by atoms with E-state index in [0.717, 1.165) is 17.7 Å². The fourth-order valence-electron chi connectivity index (χ4n) is 1.20. The summed E-state index contributed by atoms with van der Waals surface area (Å²) in [5.74, 6) is 0.275. The third-order valence-corrected chi connectivity index (χ3v) is 2.17. The minimum Gasteiger partial charge on any atom is -0.496 e. The minimum atomic E-state index is -4.31. The van der Waals surface area contributed by atoms with Gasteiger partial charge in [0.1, 0.15) is 5.75 Å². The zero-order valence-corrected chi connectivity index (χ0v) is 10.2. The van der Waals surface area contributed by atoms with Crippen LogP contribution < -0.4 is 4.74 Å². The lowest BCUT2D eigenvalue weighted by atomic mass is 10.0. The molecule has 0 radical (unpaired) electrons. The van der Waals surface area contributed by atoms with Crippen LogP contribution >= 0.6 is 0 Å². The van der Waals surface area contributed by atoms with Crippen LogP contribution in [0.1, 0.15) is 30.5 Å². The fourth-order valence-corrected chi connectivity index (χ4v) is 1.20. The quantitative estimate of drug-likeness (QED) is 0.701. The maximum absolute atomic E-state index is 12.4. The van der Waals surface area contributed by atoms with E-state index in [1.807, 2.05) is 13.8 Å². The molecule has 0 saturated heterocycles. The van der Waals surface area contributed by atoms with Crippen molar-refractivity contribution < 1.29 is 17.9 Å². The van der Waals surface area contributed by atoms with Gasteiger partial charge in [-0.2, -0.15) is 13.2 Å². The number of ether oxygens (including phenoxy) is 1. The average molecular weight is 234 g/mol. The molecule has 0 N–H and O–H groups in total. The first-order valence-electron chi connectivity index (χ1n) is 5.08. The van der Waals surface area contributed by atoms with Crippen molar-refractivity contribution in [1.82, 2.24) is 0 Å². The summed E-state index contributed by atoms with van der Waals surface area (Å²) >= 11 is 0. The van der Waals surface area contributed by atoms with Crippen LogP contribution in [0.25, 0.3) is 0 Å². The summed E-state index contributed by atoms with van der Waals surface area (Å²) in [6.07, 6.45) is -4.31. The minimum absolute atomic E-state index is 0.275. The van der Waals surface area contributed by atoms with Crippen LogP contribution in [-0.4, -0.2) is 7.11 Å². The summed E-state index contributed by atoms with van der Waals surface area (Å²) in [4.78, 5) is 0. The Labute approximate surface area is 94.2 Å². The number of halogens is 3. The number of methoxy groups -OCH3 is 1. The van der Waals surface area contributed by atoms with Crippen LogP contribution in [0.2, 0.25) is 0 Å². The summed E-state index contributed by atoms with van der Waals surface area (Å²) in [6.45, 7) is 7.36. The van der Waals surface area contributed by atoms with Crippen molar-refractivity contribution in [3.8, 4) is 5.75 Å². The van der Waals surface area contributed by atoms with E-state index in [9.17, 15) is 13.2 Å². The van der Waals surface area contributed by atoms with Crippen LogP contribution in [-0.2, 0) is 6.18 Å². The van der Waals surface area contributed by atoms with Gasteiger partial charge in [-0.25, -0.2) is 0 Å². The zero-order chi connectivity index (χ0) is 12.9. The molecule has 1 aromatic carbocycles. The Kier molecular flexibility index (Phi) is 5.35. The predicted molar refractivity (Wildman–Crippen MR) is 58.8 cm³/mol. The Morgan fingerprint density at radius 2 is 1.56 bits per heavy atom. The molecular weight excluding hydrogens is 217 g/mol. The molecule has 0 unspecified atom stereocenters. The van der Waals surface area contributed by atoms with Crippen molar-refractivity contribution in [3.63, 3.8) is 0 Å². The number of rotatable bonds is 1. The lowest BCUT2D eigenvalue weighted by molar-refractivity contribution is -0.137. The lowest BCUT2D eigenvalue weighted by Gasteiger charge is -2.12. The molecule has 1 rings (SSSR count). The van der Waals surface area contributed by atoms with E-state index in [1.54, 1.807) is 13.8 Å². The van der Waals surface area contributed by atoms with E-state index in [1.165, 1.54) is 7.11 Å². The molecular formula is C12H17F3O. The molecule has 0 aromatic heterocycles. The summed E-state index contributed by atoms with van der Waals surface area (Å²) in [5.41, 5.74) is 0.648. The molecule has 4 heteroatoms. The molecule has 0 aliphatic rings. The number of benzene rings is 1. The van der Waals surface area contributed by atoms with Gasteiger partial charge >= 0.3 is 6.18 Å². The van der Waals surface area contributed by atoms with Crippen molar-refractivity contribution in [2.45, 2.75) is 33.9 Å². The molecule has 0 aliphatic heterocycles. The molecule has 0 amide bonds. The second-order valence-corrected chi connectivity index (χ2v) is 3.12. The van der Waals surface area contributed by atoms with Gasteiger partial charge in [0, 0.05) is 0 Å². The molecule has 16 heavy (non-hydrogen) atoms. The molecule has 0 aliphatic carbocycles. The molecule has 0 heterocycles. The highest BCUT2D eigenvalue weighted by Crippen LogP contribution is 2.34. The largest absolute Gasteiger partial charge is 0.496 e. The van der Waals surface area contributed by atoms with Crippen LogP contribution in [0, 0.1) is 13.8 Å². The Hall–Kier alpha value is -1.19. The van der Waals surface area contributed by atoms with Gasteiger partial charge in [-0.15, -0.1) is 0 Å². The van der Waals surface area contributed by atoms with E-state index in [-0.39, 0.29) is 5.75 Å². The van der Waals surface area contributed by atoms with Gasteiger partial charge < -0.3 is 4.74 Å². The first-order chi connectivity index (χ1) is 7.36. The molecule has 0 fully saturated rings. The highest BCUT2D eigenvalue weighted by Gasteiger charge is 2.31. The van der Waals surface area contributed by atoms with E-state index >= 15 is 0 Å². The highest BCUT2D eigenvalue weighted by atomic mass is 19.4. The second kappa shape index (κ2) is 5.77. The van der Waals surface area contributed by atoms with Gasteiger partial charge in [0.2, 0.25) is 0 Å². The van der Waals surface area contributed by atoms with Crippen molar-refractivity contribution in [3.05, 3.63) is 28.8 Å². The van der Waals surface area contributed by atoms with Crippen LogP contribution in [0.5, 0.6) is 5.75 Å². The van der Waals surface area contributed by atoms with E-state index in [0.29, 0.717) is 5.56 Å². The smallest absolute Gasteiger partial charge is 0.416 e. The topological polar surface area (TPSA) is 9.23 Å². The average Bonchev–Trinajstić information content (AvgIpc) is 2.23. The molecule has 0 saturated carbocycles. The Morgan fingerprint density at radius 1 is 1.06 bits per heavy atom. The lowest BCUT2D eigenvalue weighted by Crippen LogP contribution is -2.06. The number of alkyl halides is 3. The van der Waals surface area contributed by atoms with Gasteiger partial charge in [-0.05, 0) is 37.1 Å². The first-order valence-corrected chi connectivity index (χ1v) is 5.08. The molecule has 1 aromatic rings. The Balaban J connectivity index is 0.00000106. The molecule has 1 nitrogen and oxygen atoms in total. The highest BCUT2D eigenvalue weighted by molar-refractivity contribution is 5.43. The standard InChI is InChI=1S/C10H11F3O.C2H6/c1-6-4-8(10(11,12)13)5-9(14-3)7(6)2;1-2/h4-5H,1-3H3;1-2H3. The first kappa shape index (κ1) is 14.8. The van der Waals surface area contributed by atoms with Gasteiger partial charge in [0.05, 0.1) is 12.7 Å². The number of hydrogen-bond donors (Lipinski definition) is 0. The van der Waals surface area contributed by atoms with E-state index in [2.05, 4.69) is 0 Å². The maximum atomic E-state index is 12.4. The monoisotopic (exact) mass is 234 g/mol.